The average molecular weight is 268 g/mol. The first-order valence-corrected chi connectivity index (χ1v) is 7.29. The molecule has 92 valence electrons. The Balaban J connectivity index is 2.01. The van der Waals surface area contributed by atoms with E-state index in [1.807, 2.05) is 6.07 Å². The molecule has 0 aliphatic rings. The van der Waals surface area contributed by atoms with Gasteiger partial charge in [-0.05, 0) is 60.0 Å². The van der Waals surface area contributed by atoms with Gasteiger partial charge in [0.2, 0.25) is 0 Å². The van der Waals surface area contributed by atoms with E-state index in [0.717, 1.165) is 24.5 Å². The van der Waals surface area contributed by atoms with Crippen LogP contribution in [0.15, 0.2) is 23.6 Å². The Morgan fingerprint density at radius 3 is 2.94 bits per heavy atom. The molecule has 0 radical (unpaired) electrons. The molecule has 0 bridgehead atoms. The van der Waals surface area contributed by atoms with Crippen molar-refractivity contribution in [1.82, 2.24) is 5.32 Å². The van der Waals surface area contributed by atoms with Crippen LogP contribution in [-0.4, -0.2) is 13.1 Å². The van der Waals surface area contributed by atoms with Crippen molar-refractivity contribution in [2.45, 2.75) is 20.3 Å². The Hall–Kier alpha value is -0.570. The van der Waals surface area contributed by atoms with Crippen LogP contribution in [0.2, 0.25) is 5.02 Å². The van der Waals surface area contributed by atoms with Gasteiger partial charge >= 0.3 is 0 Å². The van der Waals surface area contributed by atoms with Crippen molar-refractivity contribution in [2.75, 3.05) is 13.1 Å². The minimum atomic E-state index is 0.712. The van der Waals surface area contributed by atoms with Gasteiger partial charge in [-0.3, -0.25) is 0 Å². The number of hydrogen-bond donors (Lipinski definition) is 1. The SMILES string of the molecule is CC(C)CNCCc1csc2ccc(Cl)cc12. The summed E-state index contributed by atoms with van der Waals surface area (Å²) in [5.74, 6) is 0.712. The lowest BCUT2D eigenvalue weighted by Crippen LogP contribution is -2.21. The van der Waals surface area contributed by atoms with Gasteiger partial charge in [0.15, 0.2) is 0 Å². The Bertz CT molecular complexity index is 490. The molecular formula is C14H18ClNS. The summed E-state index contributed by atoms with van der Waals surface area (Å²) >= 11 is 7.84. The van der Waals surface area contributed by atoms with Crippen LogP contribution in [0.25, 0.3) is 10.1 Å². The van der Waals surface area contributed by atoms with Gasteiger partial charge in [0.25, 0.3) is 0 Å². The zero-order valence-electron chi connectivity index (χ0n) is 10.3. The van der Waals surface area contributed by atoms with Crippen molar-refractivity contribution >= 4 is 33.0 Å². The summed E-state index contributed by atoms with van der Waals surface area (Å²) in [6.07, 6.45) is 1.08. The van der Waals surface area contributed by atoms with E-state index in [2.05, 4.69) is 36.7 Å². The summed E-state index contributed by atoms with van der Waals surface area (Å²) in [5.41, 5.74) is 1.41. The maximum absolute atomic E-state index is 6.04. The lowest BCUT2D eigenvalue weighted by molar-refractivity contribution is 0.555. The summed E-state index contributed by atoms with van der Waals surface area (Å²) in [5, 5.41) is 7.86. The second-order valence-corrected chi connectivity index (χ2v) is 6.10. The van der Waals surface area contributed by atoms with Crippen molar-refractivity contribution in [3.63, 3.8) is 0 Å². The molecule has 0 fully saturated rings. The average Bonchev–Trinajstić information content (AvgIpc) is 2.67. The first-order valence-electron chi connectivity index (χ1n) is 6.03. The molecular weight excluding hydrogens is 250 g/mol. The fraction of sp³-hybridized carbons (Fsp3) is 0.429. The van der Waals surface area contributed by atoms with E-state index < -0.39 is 0 Å². The monoisotopic (exact) mass is 267 g/mol. The van der Waals surface area contributed by atoms with Gasteiger partial charge in [-0.15, -0.1) is 11.3 Å². The van der Waals surface area contributed by atoms with Crippen LogP contribution in [0.4, 0.5) is 0 Å². The van der Waals surface area contributed by atoms with Gasteiger partial charge in [-0.25, -0.2) is 0 Å². The molecule has 1 aromatic heterocycles. The Labute approximate surface area is 112 Å². The molecule has 0 amide bonds. The molecule has 0 aliphatic heterocycles. The minimum Gasteiger partial charge on any atom is -0.316 e. The fourth-order valence-electron chi connectivity index (χ4n) is 1.86. The molecule has 1 nitrogen and oxygen atoms in total. The van der Waals surface area contributed by atoms with E-state index in [-0.39, 0.29) is 0 Å². The summed E-state index contributed by atoms with van der Waals surface area (Å²) in [7, 11) is 0. The highest BCUT2D eigenvalue weighted by molar-refractivity contribution is 7.17. The highest BCUT2D eigenvalue weighted by Gasteiger charge is 2.04. The van der Waals surface area contributed by atoms with Crippen LogP contribution < -0.4 is 5.32 Å². The normalized spacial score (nSPS) is 11.5. The van der Waals surface area contributed by atoms with E-state index in [1.165, 1.54) is 15.6 Å². The molecule has 3 heteroatoms. The summed E-state index contributed by atoms with van der Waals surface area (Å²) in [6, 6.07) is 6.14. The number of nitrogens with one attached hydrogen (secondary N) is 1. The molecule has 1 heterocycles. The molecule has 0 saturated carbocycles. The third-order valence-corrected chi connectivity index (χ3v) is 3.99. The molecule has 1 N–H and O–H groups in total. The maximum atomic E-state index is 6.04. The summed E-state index contributed by atoms with van der Waals surface area (Å²) in [6.45, 7) is 6.58. The van der Waals surface area contributed by atoms with Gasteiger partial charge in [-0.1, -0.05) is 25.4 Å². The third kappa shape index (κ3) is 3.44. The number of thiophene rings is 1. The van der Waals surface area contributed by atoms with Gasteiger partial charge in [0, 0.05) is 9.72 Å². The first-order chi connectivity index (χ1) is 8.16. The maximum Gasteiger partial charge on any atom is 0.0413 e. The van der Waals surface area contributed by atoms with Crippen LogP contribution in [0.1, 0.15) is 19.4 Å². The first kappa shape index (κ1) is 12.9. The van der Waals surface area contributed by atoms with E-state index in [9.17, 15) is 0 Å². The second-order valence-electron chi connectivity index (χ2n) is 4.75. The Morgan fingerprint density at radius 2 is 2.18 bits per heavy atom. The lowest BCUT2D eigenvalue weighted by Gasteiger charge is -2.06. The highest BCUT2D eigenvalue weighted by atomic mass is 35.5. The topological polar surface area (TPSA) is 12.0 Å². The molecule has 0 saturated heterocycles. The van der Waals surface area contributed by atoms with Crippen molar-refractivity contribution in [3.8, 4) is 0 Å². The standard InChI is InChI=1S/C14H18ClNS/c1-10(2)8-16-6-5-11-9-17-14-4-3-12(15)7-13(11)14/h3-4,7,9-10,16H,5-6,8H2,1-2H3. The van der Waals surface area contributed by atoms with Crippen molar-refractivity contribution in [3.05, 3.63) is 34.2 Å². The molecule has 1 aromatic carbocycles. The molecule has 0 atom stereocenters. The number of halogens is 1. The lowest BCUT2D eigenvalue weighted by atomic mass is 10.1. The van der Waals surface area contributed by atoms with Crippen LogP contribution in [-0.2, 0) is 6.42 Å². The summed E-state index contributed by atoms with van der Waals surface area (Å²) in [4.78, 5) is 0. The second kappa shape index (κ2) is 5.85. The molecule has 0 spiro atoms. The fourth-order valence-corrected chi connectivity index (χ4v) is 3.01. The van der Waals surface area contributed by atoms with E-state index >= 15 is 0 Å². The smallest absolute Gasteiger partial charge is 0.0413 e. The molecule has 17 heavy (non-hydrogen) atoms. The summed E-state index contributed by atoms with van der Waals surface area (Å²) < 4.78 is 1.33. The zero-order chi connectivity index (χ0) is 12.3. The van der Waals surface area contributed by atoms with Crippen molar-refractivity contribution in [1.29, 1.82) is 0 Å². The number of benzene rings is 1. The van der Waals surface area contributed by atoms with Gasteiger partial charge in [0.1, 0.15) is 0 Å². The predicted molar refractivity (Wildman–Crippen MR) is 78.2 cm³/mol. The van der Waals surface area contributed by atoms with Crippen molar-refractivity contribution in [2.24, 2.45) is 5.92 Å². The van der Waals surface area contributed by atoms with Gasteiger partial charge < -0.3 is 5.32 Å². The Morgan fingerprint density at radius 1 is 1.35 bits per heavy atom. The molecule has 0 aliphatic carbocycles. The quantitative estimate of drug-likeness (QED) is 0.795. The highest BCUT2D eigenvalue weighted by Crippen LogP contribution is 2.28. The van der Waals surface area contributed by atoms with Gasteiger partial charge in [0.05, 0.1) is 0 Å². The predicted octanol–water partition coefficient (Wildman–Crippen LogP) is 4.34. The third-order valence-electron chi connectivity index (χ3n) is 2.74. The molecule has 2 aromatic rings. The minimum absolute atomic E-state index is 0.712. The number of fused-ring (bicyclic) bond motifs is 1. The Kier molecular flexibility index (Phi) is 4.43. The molecule has 0 unspecified atom stereocenters. The van der Waals surface area contributed by atoms with E-state index in [1.54, 1.807) is 11.3 Å². The van der Waals surface area contributed by atoms with Crippen LogP contribution in [0, 0.1) is 5.92 Å². The van der Waals surface area contributed by atoms with Crippen molar-refractivity contribution < 1.29 is 0 Å². The largest absolute Gasteiger partial charge is 0.316 e. The van der Waals surface area contributed by atoms with Gasteiger partial charge in [-0.2, -0.15) is 0 Å². The van der Waals surface area contributed by atoms with E-state index in [4.69, 9.17) is 11.6 Å². The van der Waals surface area contributed by atoms with Crippen LogP contribution in [0.5, 0.6) is 0 Å². The molecule has 2 rings (SSSR count). The van der Waals surface area contributed by atoms with Crippen LogP contribution in [0.3, 0.4) is 0 Å². The number of rotatable bonds is 5. The zero-order valence-corrected chi connectivity index (χ0v) is 11.9. The van der Waals surface area contributed by atoms with E-state index in [0.29, 0.717) is 5.92 Å². The number of hydrogen-bond acceptors (Lipinski definition) is 2. The van der Waals surface area contributed by atoms with Crippen LogP contribution >= 0.6 is 22.9 Å².